The molecule has 1 aromatic carbocycles. The Hall–Kier alpha value is -1.09. The highest BCUT2D eigenvalue weighted by atomic mass is 19.1. The van der Waals surface area contributed by atoms with Crippen molar-refractivity contribution in [3.63, 3.8) is 0 Å². The normalized spacial score (nSPS) is 23.4. The summed E-state index contributed by atoms with van der Waals surface area (Å²) in [6, 6.07) is 5.89. The number of benzene rings is 1. The Labute approximate surface area is 115 Å². The molecule has 0 unspecified atom stereocenters. The van der Waals surface area contributed by atoms with E-state index in [1.165, 1.54) is 31.7 Å². The van der Waals surface area contributed by atoms with Gasteiger partial charge in [-0.15, -0.1) is 0 Å². The van der Waals surface area contributed by atoms with Crippen LogP contribution in [0.15, 0.2) is 18.2 Å². The van der Waals surface area contributed by atoms with Gasteiger partial charge in [-0.2, -0.15) is 0 Å². The first-order chi connectivity index (χ1) is 9.13. The summed E-state index contributed by atoms with van der Waals surface area (Å²) in [6.45, 7) is 2.81. The van der Waals surface area contributed by atoms with Crippen LogP contribution in [0.25, 0.3) is 0 Å². The summed E-state index contributed by atoms with van der Waals surface area (Å²) in [5.41, 5.74) is 7.40. The summed E-state index contributed by atoms with van der Waals surface area (Å²) in [5, 5.41) is 0. The molecule has 0 spiro atoms. The molecule has 1 aliphatic rings. The SMILES string of the molecule is CC1CCC(N(C)c2cccc(F)c2CCN)CC1. The lowest BCUT2D eigenvalue weighted by Gasteiger charge is -2.36. The fourth-order valence-electron chi connectivity index (χ4n) is 3.10. The van der Waals surface area contributed by atoms with Gasteiger partial charge in [-0.1, -0.05) is 13.0 Å². The molecule has 2 N–H and O–H groups in total. The number of nitrogens with zero attached hydrogens (tertiary/aromatic N) is 1. The van der Waals surface area contributed by atoms with E-state index in [9.17, 15) is 4.39 Å². The maximum absolute atomic E-state index is 13.9. The largest absolute Gasteiger partial charge is 0.371 e. The molecule has 0 atom stereocenters. The van der Waals surface area contributed by atoms with Crippen LogP contribution >= 0.6 is 0 Å². The van der Waals surface area contributed by atoms with Crippen LogP contribution in [0.4, 0.5) is 10.1 Å². The summed E-state index contributed by atoms with van der Waals surface area (Å²) in [6.07, 6.45) is 5.56. The van der Waals surface area contributed by atoms with Crippen molar-refractivity contribution >= 4 is 5.69 Å². The van der Waals surface area contributed by atoms with Crippen LogP contribution in [-0.4, -0.2) is 19.6 Å². The minimum Gasteiger partial charge on any atom is -0.371 e. The molecule has 2 rings (SSSR count). The van der Waals surface area contributed by atoms with Crippen LogP contribution in [0, 0.1) is 11.7 Å². The first-order valence-corrected chi connectivity index (χ1v) is 7.33. The second-order valence-corrected chi connectivity index (χ2v) is 5.80. The number of hydrogen-bond donors (Lipinski definition) is 1. The molecule has 0 aromatic heterocycles. The van der Waals surface area contributed by atoms with Crippen molar-refractivity contribution in [2.75, 3.05) is 18.5 Å². The summed E-state index contributed by atoms with van der Waals surface area (Å²) < 4.78 is 13.9. The smallest absolute Gasteiger partial charge is 0.128 e. The van der Waals surface area contributed by atoms with Crippen molar-refractivity contribution in [1.82, 2.24) is 0 Å². The standard InChI is InChI=1S/C16H25FN2/c1-12-6-8-13(9-7-12)19(2)16-5-3-4-15(17)14(16)10-11-18/h3-5,12-13H,6-11,18H2,1-2H3. The lowest BCUT2D eigenvalue weighted by atomic mass is 9.86. The van der Waals surface area contributed by atoms with Crippen LogP contribution in [0.2, 0.25) is 0 Å². The third-order valence-electron chi connectivity index (χ3n) is 4.40. The van der Waals surface area contributed by atoms with E-state index in [-0.39, 0.29) is 5.82 Å². The van der Waals surface area contributed by atoms with Crippen molar-refractivity contribution in [1.29, 1.82) is 0 Å². The van der Waals surface area contributed by atoms with E-state index in [0.717, 1.165) is 17.2 Å². The van der Waals surface area contributed by atoms with E-state index < -0.39 is 0 Å². The average Bonchev–Trinajstić information content (AvgIpc) is 2.41. The van der Waals surface area contributed by atoms with E-state index in [0.29, 0.717) is 19.0 Å². The molecule has 3 heteroatoms. The molecule has 2 nitrogen and oxygen atoms in total. The summed E-state index contributed by atoms with van der Waals surface area (Å²) in [5.74, 6) is 0.708. The Balaban J connectivity index is 2.18. The van der Waals surface area contributed by atoms with Gasteiger partial charge in [0, 0.05) is 24.3 Å². The Kier molecular flexibility index (Phi) is 4.81. The zero-order valence-electron chi connectivity index (χ0n) is 12.0. The molecule has 0 saturated heterocycles. The third kappa shape index (κ3) is 3.27. The van der Waals surface area contributed by atoms with Gasteiger partial charge in [-0.05, 0) is 56.7 Å². The fraction of sp³-hybridized carbons (Fsp3) is 0.625. The molecule has 1 saturated carbocycles. The lowest BCUT2D eigenvalue weighted by Crippen LogP contribution is -2.35. The van der Waals surface area contributed by atoms with E-state index in [1.54, 1.807) is 6.07 Å². The summed E-state index contributed by atoms with van der Waals surface area (Å²) in [7, 11) is 2.09. The molecule has 0 radical (unpaired) electrons. The van der Waals surface area contributed by atoms with Gasteiger partial charge >= 0.3 is 0 Å². The van der Waals surface area contributed by atoms with Crippen molar-refractivity contribution in [2.24, 2.45) is 11.7 Å². The first-order valence-electron chi connectivity index (χ1n) is 7.33. The maximum Gasteiger partial charge on any atom is 0.128 e. The van der Waals surface area contributed by atoms with Gasteiger partial charge in [0.2, 0.25) is 0 Å². The summed E-state index contributed by atoms with van der Waals surface area (Å²) in [4.78, 5) is 2.26. The monoisotopic (exact) mass is 264 g/mol. The number of nitrogens with two attached hydrogens (primary N) is 1. The van der Waals surface area contributed by atoms with Crippen LogP contribution < -0.4 is 10.6 Å². The molecule has 106 valence electrons. The molecule has 1 aromatic rings. The average molecular weight is 264 g/mol. The van der Waals surface area contributed by atoms with E-state index in [4.69, 9.17) is 5.73 Å². The second-order valence-electron chi connectivity index (χ2n) is 5.80. The van der Waals surface area contributed by atoms with Crippen LogP contribution in [0.3, 0.4) is 0 Å². The zero-order chi connectivity index (χ0) is 13.8. The van der Waals surface area contributed by atoms with Gasteiger partial charge < -0.3 is 10.6 Å². The topological polar surface area (TPSA) is 29.3 Å². The molecule has 0 heterocycles. The number of halogens is 1. The van der Waals surface area contributed by atoms with E-state index >= 15 is 0 Å². The molecule has 1 fully saturated rings. The molecular formula is C16H25FN2. The lowest BCUT2D eigenvalue weighted by molar-refractivity contribution is 0.340. The molecule has 1 aliphatic carbocycles. The van der Waals surface area contributed by atoms with Crippen molar-refractivity contribution in [2.45, 2.75) is 45.1 Å². The van der Waals surface area contributed by atoms with E-state index in [1.807, 2.05) is 6.07 Å². The van der Waals surface area contributed by atoms with Gasteiger partial charge in [0.1, 0.15) is 5.82 Å². The highest BCUT2D eigenvalue weighted by Crippen LogP contribution is 2.31. The zero-order valence-corrected chi connectivity index (χ0v) is 12.0. The molecular weight excluding hydrogens is 239 g/mol. The van der Waals surface area contributed by atoms with Crippen LogP contribution in [0.1, 0.15) is 38.2 Å². The Morgan fingerprint density at radius 3 is 2.58 bits per heavy atom. The fourth-order valence-corrected chi connectivity index (χ4v) is 3.10. The third-order valence-corrected chi connectivity index (χ3v) is 4.40. The highest BCUT2D eigenvalue weighted by Gasteiger charge is 2.23. The molecule has 0 amide bonds. The van der Waals surface area contributed by atoms with Crippen molar-refractivity contribution < 1.29 is 4.39 Å². The number of hydrogen-bond acceptors (Lipinski definition) is 2. The van der Waals surface area contributed by atoms with Gasteiger partial charge in [-0.3, -0.25) is 0 Å². The van der Waals surface area contributed by atoms with Gasteiger partial charge in [-0.25, -0.2) is 4.39 Å². The highest BCUT2D eigenvalue weighted by molar-refractivity contribution is 5.54. The van der Waals surface area contributed by atoms with E-state index in [2.05, 4.69) is 18.9 Å². The number of anilines is 1. The van der Waals surface area contributed by atoms with Gasteiger partial charge in [0.15, 0.2) is 0 Å². The van der Waals surface area contributed by atoms with Gasteiger partial charge in [0.05, 0.1) is 0 Å². The number of rotatable bonds is 4. The Bertz CT molecular complexity index is 411. The predicted molar refractivity (Wildman–Crippen MR) is 79.0 cm³/mol. The summed E-state index contributed by atoms with van der Waals surface area (Å²) >= 11 is 0. The molecule has 19 heavy (non-hydrogen) atoms. The minimum absolute atomic E-state index is 0.126. The van der Waals surface area contributed by atoms with Crippen LogP contribution in [0.5, 0.6) is 0 Å². The maximum atomic E-state index is 13.9. The van der Waals surface area contributed by atoms with Crippen molar-refractivity contribution in [3.05, 3.63) is 29.6 Å². The second kappa shape index (κ2) is 6.38. The molecule has 0 bridgehead atoms. The van der Waals surface area contributed by atoms with Gasteiger partial charge in [0.25, 0.3) is 0 Å². The predicted octanol–water partition coefficient (Wildman–Crippen LogP) is 3.34. The van der Waals surface area contributed by atoms with Crippen LogP contribution in [-0.2, 0) is 6.42 Å². The molecule has 0 aliphatic heterocycles. The first kappa shape index (κ1) is 14.3. The quantitative estimate of drug-likeness (QED) is 0.903. The Morgan fingerprint density at radius 2 is 1.95 bits per heavy atom. The van der Waals surface area contributed by atoms with Crippen molar-refractivity contribution in [3.8, 4) is 0 Å². The Morgan fingerprint density at radius 1 is 1.26 bits per heavy atom. The minimum atomic E-state index is -0.126.